The van der Waals surface area contributed by atoms with Crippen LogP contribution in [0.2, 0.25) is 0 Å². The number of thiophene rings is 1. The quantitative estimate of drug-likeness (QED) is 0.712. The molecule has 64 valence electrons. The molecule has 2 nitrogen and oxygen atoms in total. The van der Waals surface area contributed by atoms with Crippen LogP contribution in [0.25, 0.3) is 0 Å². The van der Waals surface area contributed by atoms with E-state index >= 15 is 0 Å². The SMILES string of the molecule is CCN(C)Cc1ccc(C#N)s1. The Labute approximate surface area is 77.0 Å². The first kappa shape index (κ1) is 9.24. The van der Waals surface area contributed by atoms with E-state index in [1.807, 2.05) is 12.1 Å². The normalized spacial score (nSPS) is 10.2. The number of rotatable bonds is 3. The van der Waals surface area contributed by atoms with E-state index in [2.05, 4.69) is 24.9 Å². The Bertz CT molecular complexity index is 285. The lowest BCUT2D eigenvalue weighted by molar-refractivity contribution is 0.349. The Morgan fingerprint density at radius 2 is 2.33 bits per heavy atom. The van der Waals surface area contributed by atoms with E-state index in [0.717, 1.165) is 18.0 Å². The van der Waals surface area contributed by atoms with Crippen molar-refractivity contribution >= 4 is 11.3 Å². The third kappa shape index (κ3) is 2.33. The van der Waals surface area contributed by atoms with Gasteiger partial charge in [0.2, 0.25) is 0 Å². The van der Waals surface area contributed by atoms with Gasteiger partial charge in [0.15, 0.2) is 0 Å². The molecule has 0 unspecified atom stereocenters. The minimum Gasteiger partial charge on any atom is -0.302 e. The van der Waals surface area contributed by atoms with Gasteiger partial charge in [-0.1, -0.05) is 6.92 Å². The molecule has 3 heteroatoms. The summed E-state index contributed by atoms with van der Waals surface area (Å²) in [6.07, 6.45) is 0. The van der Waals surface area contributed by atoms with E-state index in [-0.39, 0.29) is 0 Å². The van der Waals surface area contributed by atoms with Crippen molar-refractivity contribution in [3.05, 3.63) is 21.9 Å². The van der Waals surface area contributed by atoms with Gasteiger partial charge in [-0.15, -0.1) is 11.3 Å². The average molecular weight is 180 g/mol. The predicted molar refractivity (Wildman–Crippen MR) is 51.0 cm³/mol. The van der Waals surface area contributed by atoms with Crippen LogP contribution in [0.15, 0.2) is 12.1 Å². The molecule has 0 aliphatic heterocycles. The maximum Gasteiger partial charge on any atom is 0.110 e. The lowest BCUT2D eigenvalue weighted by Crippen LogP contribution is -2.15. The van der Waals surface area contributed by atoms with Crippen molar-refractivity contribution < 1.29 is 0 Å². The van der Waals surface area contributed by atoms with Gasteiger partial charge in [0.25, 0.3) is 0 Å². The van der Waals surface area contributed by atoms with Crippen molar-refractivity contribution in [2.24, 2.45) is 0 Å². The van der Waals surface area contributed by atoms with Gasteiger partial charge >= 0.3 is 0 Å². The highest BCUT2D eigenvalue weighted by Crippen LogP contribution is 2.16. The molecular weight excluding hydrogens is 168 g/mol. The highest BCUT2D eigenvalue weighted by atomic mass is 32.1. The monoisotopic (exact) mass is 180 g/mol. The van der Waals surface area contributed by atoms with Crippen molar-refractivity contribution in [1.29, 1.82) is 5.26 Å². The maximum atomic E-state index is 8.59. The molecule has 0 atom stereocenters. The first-order valence-corrected chi connectivity index (χ1v) is 4.75. The van der Waals surface area contributed by atoms with Crippen LogP contribution in [0.5, 0.6) is 0 Å². The summed E-state index contributed by atoms with van der Waals surface area (Å²) in [7, 11) is 2.08. The summed E-state index contributed by atoms with van der Waals surface area (Å²) in [6.45, 7) is 4.11. The second-order valence-corrected chi connectivity index (χ2v) is 3.88. The molecule has 12 heavy (non-hydrogen) atoms. The molecular formula is C9H12N2S. The Morgan fingerprint density at radius 1 is 1.58 bits per heavy atom. The summed E-state index contributed by atoms with van der Waals surface area (Å²) < 4.78 is 0. The van der Waals surface area contributed by atoms with E-state index in [4.69, 9.17) is 5.26 Å². The van der Waals surface area contributed by atoms with Gasteiger partial charge in [0.05, 0.1) is 0 Å². The molecule has 0 saturated carbocycles. The lowest BCUT2D eigenvalue weighted by Gasteiger charge is -2.11. The highest BCUT2D eigenvalue weighted by molar-refractivity contribution is 7.12. The molecule has 0 spiro atoms. The largest absolute Gasteiger partial charge is 0.302 e. The summed E-state index contributed by atoms with van der Waals surface area (Å²) in [5, 5.41) is 8.59. The molecule has 1 aromatic heterocycles. The van der Waals surface area contributed by atoms with Crippen LogP contribution < -0.4 is 0 Å². The molecule has 0 saturated heterocycles. The highest BCUT2D eigenvalue weighted by Gasteiger charge is 2.01. The van der Waals surface area contributed by atoms with Crippen molar-refractivity contribution in [1.82, 2.24) is 4.90 Å². The number of hydrogen-bond donors (Lipinski definition) is 0. The van der Waals surface area contributed by atoms with Crippen LogP contribution in [-0.2, 0) is 6.54 Å². The van der Waals surface area contributed by atoms with E-state index in [1.54, 1.807) is 11.3 Å². The Hall–Kier alpha value is -0.850. The second-order valence-electron chi connectivity index (χ2n) is 2.71. The van der Waals surface area contributed by atoms with Crippen LogP contribution in [0.3, 0.4) is 0 Å². The predicted octanol–water partition coefficient (Wildman–Crippen LogP) is 2.07. The minimum absolute atomic E-state index is 0.800. The Kier molecular flexibility index (Phi) is 3.27. The Balaban J connectivity index is 2.59. The van der Waals surface area contributed by atoms with Gasteiger partial charge < -0.3 is 4.90 Å². The van der Waals surface area contributed by atoms with Crippen molar-refractivity contribution in [3.8, 4) is 6.07 Å². The van der Waals surface area contributed by atoms with Gasteiger partial charge in [-0.05, 0) is 25.7 Å². The molecule has 1 aromatic rings. The van der Waals surface area contributed by atoms with Crippen LogP contribution >= 0.6 is 11.3 Å². The van der Waals surface area contributed by atoms with Gasteiger partial charge in [0, 0.05) is 11.4 Å². The van der Waals surface area contributed by atoms with Gasteiger partial charge in [-0.3, -0.25) is 0 Å². The van der Waals surface area contributed by atoms with E-state index in [1.165, 1.54) is 4.88 Å². The number of hydrogen-bond acceptors (Lipinski definition) is 3. The minimum atomic E-state index is 0.800. The van der Waals surface area contributed by atoms with Crippen LogP contribution in [0.4, 0.5) is 0 Å². The van der Waals surface area contributed by atoms with Crippen LogP contribution in [0.1, 0.15) is 16.7 Å². The zero-order valence-electron chi connectivity index (χ0n) is 7.37. The molecule has 1 rings (SSSR count). The summed E-state index contributed by atoms with van der Waals surface area (Å²) in [6, 6.07) is 6.04. The van der Waals surface area contributed by atoms with Crippen LogP contribution in [-0.4, -0.2) is 18.5 Å². The van der Waals surface area contributed by atoms with Crippen molar-refractivity contribution in [2.45, 2.75) is 13.5 Å². The lowest BCUT2D eigenvalue weighted by atomic mass is 10.4. The fourth-order valence-corrected chi connectivity index (χ4v) is 1.79. The molecule has 0 radical (unpaired) electrons. The molecule has 0 amide bonds. The molecule has 0 bridgehead atoms. The number of nitrogens with zero attached hydrogens (tertiary/aromatic N) is 2. The smallest absolute Gasteiger partial charge is 0.110 e. The third-order valence-corrected chi connectivity index (χ3v) is 2.71. The van der Waals surface area contributed by atoms with E-state index in [9.17, 15) is 0 Å². The summed E-state index contributed by atoms with van der Waals surface area (Å²) in [4.78, 5) is 4.28. The topological polar surface area (TPSA) is 27.0 Å². The van der Waals surface area contributed by atoms with E-state index in [0.29, 0.717) is 0 Å². The molecule has 0 aromatic carbocycles. The van der Waals surface area contributed by atoms with Gasteiger partial charge in [0.1, 0.15) is 10.9 Å². The third-order valence-electron chi connectivity index (χ3n) is 1.74. The number of nitriles is 1. The molecule has 0 fully saturated rings. The molecule has 0 aliphatic carbocycles. The standard InChI is InChI=1S/C9H12N2S/c1-3-11(2)7-9-5-4-8(6-10)12-9/h4-5H,3,7H2,1-2H3. The zero-order chi connectivity index (χ0) is 8.97. The first-order valence-electron chi connectivity index (χ1n) is 3.93. The van der Waals surface area contributed by atoms with Crippen LogP contribution in [0, 0.1) is 11.3 Å². The molecule has 1 heterocycles. The molecule has 0 N–H and O–H groups in total. The van der Waals surface area contributed by atoms with E-state index < -0.39 is 0 Å². The summed E-state index contributed by atoms with van der Waals surface area (Å²) in [5.41, 5.74) is 0. The summed E-state index contributed by atoms with van der Waals surface area (Å²) in [5.74, 6) is 0. The summed E-state index contributed by atoms with van der Waals surface area (Å²) >= 11 is 1.57. The fourth-order valence-electron chi connectivity index (χ4n) is 0.901. The fraction of sp³-hybridized carbons (Fsp3) is 0.444. The molecule has 0 aliphatic rings. The first-order chi connectivity index (χ1) is 5.76. The Morgan fingerprint density at radius 3 is 2.83 bits per heavy atom. The maximum absolute atomic E-state index is 8.59. The zero-order valence-corrected chi connectivity index (χ0v) is 8.19. The second kappa shape index (κ2) is 4.24. The van der Waals surface area contributed by atoms with Gasteiger partial charge in [-0.2, -0.15) is 5.26 Å². The average Bonchev–Trinajstić information content (AvgIpc) is 2.52. The van der Waals surface area contributed by atoms with Crippen molar-refractivity contribution in [2.75, 3.05) is 13.6 Å². The van der Waals surface area contributed by atoms with Crippen molar-refractivity contribution in [3.63, 3.8) is 0 Å². The van der Waals surface area contributed by atoms with Gasteiger partial charge in [-0.25, -0.2) is 0 Å².